The maximum atomic E-state index is 13.4. The Bertz CT molecular complexity index is 1550. The van der Waals surface area contributed by atoms with E-state index in [1.165, 1.54) is 17.7 Å². The molecular weight excluding hydrogens is 568 g/mol. The van der Waals surface area contributed by atoms with Gasteiger partial charge in [-0.2, -0.15) is 0 Å². The number of carbonyl (C=O) groups excluding carboxylic acids is 1. The Labute approximate surface area is 248 Å². The number of benzene rings is 4. The first kappa shape index (κ1) is 27.1. The average molecular weight is 595 g/mol. The number of nitrogens with one attached hydrogen (secondary N) is 1. The highest BCUT2D eigenvalue weighted by atomic mass is 35.5. The van der Waals surface area contributed by atoms with Crippen LogP contribution >= 0.6 is 34.8 Å². The van der Waals surface area contributed by atoms with E-state index in [-0.39, 0.29) is 11.8 Å². The number of fused-ring (bicyclic) bond motifs is 1. The van der Waals surface area contributed by atoms with E-state index in [4.69, 9.17) is 34.8 Å². The summed E-state index contributed by atoms with van der Waals surface area (Å²) in [6, 6.07) is 23.8. The Kier molecular flexibility index (Phi) is 7.74. The lowest BCUT2D eigenvalue weighted by atomic mass is 9.89. The highest BCUT2D eigenvalue weighted by Gasteiger charge is 2.32. The van der Waals surface area contributed by atoms with Crippen LogP contribution < -0.4 is 10.2 Å². The van der Waals surface area contributed by atoms with Gasteiger partial charge in [0.15, 0.2) is 0 Å². The molecule has 0 bridgehead atoms. The van der Waals surface area contributed by atoms with E-state index in [0.29, 0.717) is 39.8 Å². The molecule has 0 spiro atoms. The summed E-state index contributed by atoms with van der Waals surface area (Å²) in [5.41, 5.74) is 6.26. The van der Waals surface area contributed by atoms with Crippen molar-refractivity contribution in [2.75, 3.05) is 18.0 Å². The molecule has 8 heteroatoms. The molecule has 0 aromatic heterocycles. The van der Waals surface area contributed by atoms with Gasteiger partial charge >= 0.3 is 6.03 Å². The molecule has 1 saturated heterocycles. The summed E-state index contributed by atoms with van der Waals surface area (Å²) >= 11 is 19.9. The minimum Gasteiger partial charge on any atom is -0.333 e. The summed E-state index contributed by atoms with van der Waals surface area (Å²) in [7, 11) is 0. The van der Waals surface area contributed by atoms with Gasteiger partial charge in [-0.1, -0.05) is 71.2 Å². The molecule has 1 N–H and O–H groups in total. The molecule has 0 atom stereocenters. The predicted molar refractivity (Wildman–Crippen MR) is 161 cm³/mol. The third-order valence-corrected chi connectivity index (χ3v) is 8.75. The number of anilines is 2. The van der Waals surface area contributed by atoms with Gasteiger partial charge in [0.2, 0.25) is 0 Å². The third kappa shape index (κ3) is 5.31. The first-order chi connectivity index (χ1) is 19.4. The minimum atomic E-state index is -0.287. The largest absolute Gasteiger partial charge is 0.333 e. The summed E-state index contributed by atoms with van der Waals surface area (Å²) in [6.07, 6.45) is 2.00. The highest BCUT2D eigenvalue weighted by molar-refractivity contribution is 6.40. The van der Waals surface area contributed by atoms with Crippen LogP contribution in [0.3, 0.4) is 0 Å². The van der Waals surface area contributed by atoms with Crippen LogP contribution in [0.25, 0.3) is 11.1 Å². The molecule has 6 rings (SSSR count). The summed E-state index contributed by atoms with van der Waals surface area (Å²) in [5.74, 6) is 0.212. The van der Waals surface area contributed by atoms with E-state index in [0.717, 1.165) is 53.9 Å². The zero-order valence-electron chi connectivity index (χ0n) is 21.6. The number of rotatable bonds is 5. The number of nitrogens with zero attached hydrogens (tertiary/aromatic N) is 2. The third-order valence-electron chi connectivity index (χ3n) is 7.81. The zero-order chi connectivity index (χ0) is 27.8. The van der Waals surface area contributed by atoms with Crippen molar-refractivity contribution < 1.29 is 9.18 Å². The molecule has 2 aliphatic rings. The van der Waals surface area contributed by atoms with Gasteiger partial charge in [0.1, 0.15) is 5.82 Å². The number of hydrogen-bond acceptors (Lipinski definition) is 2. The second-order valence-corrected chi connectivity index (χ2v) is 11.5. The van der Waals surface area contributed by atoms with Crippen molar-refractivity contribution >= 4 is 52.2 Å². The van der Waals surface area contributed by atoms with Crippen LogP contribution in [0, 0.1) is 5.82 Å². The Morgan fingerprint density at radius 1 is 0.825 bits per heavy atom. The van der Waals surface area contributed by atoms with Gasteiger partial charge in [0.05, 0.1) is 21.4 Å². The van der Waals surface area contributed by atoms with Gasteiger partial charge < -0.3 is 5.32 Å². The van der Waals surface area contributed by atoms with Gasteiger partial charge in [-0.15, -0.1) is 0 Å². The molecular formula is C32H27Cl3FN3O. The standard InChI is InChI=1S/C32H27Cl3FN3O/c33-27-5-2-1-4-24(27)25-16-20(19-38-14-12-22(13-15-38)21-8-10-23(36)11-9-21)17-30-26(25)18-37-32(40)39(30)31-28(34)6-3-7-29(31)35/h1-11,16-17,22H,12-15,18-19H2,(H,37,40). The molecule has 4 nitrogen and oxygen atoms in total. The molecule has 2 heterocycles. The molecule has 0 aliphatic carbocycles. The Hall–Kier alpha value is -3.09. The molecule has 0 saturated carbocycles. The van der Waals surface area contributed by atoms with E-state index in [9.17, 15) is 9.18 Å². The van der Waals surface area contributed by atoms with Crippen LogP contribution in [0.1, 0.15) is 35.4 Å². The molecule has 0 unspecified atom stereocenters. The van der Waals surface area contributed by atoms with E-state index in [2.05, 4.69) is 22.3 Å². The van der Waals surface area contributed by atoms with Crippen LogP contribution in [-0.2, 0) is 13.1 Å². The number of halogens is 4. The van der Waals surface area contributed by atoms with Crippen molar-refractivity contribution in [2.45, 2.75) is 31.8 Å². The summed E-state index contributed by atoms with van der Waals surface area (Å²) in [5, 5.41) is 4.41. The fourth-order valence-corrected chi connectivity index (χ4v) is 6.61. The maximum Gasteiger partial charge on any atom is 0.326 e. The van der Waals surface area contributed by atoms with Crippen molar-refractivity contribution in [1.29, 1.82) is 0 Å². The van der Waals surface area contributed by atoms with E-state index in [1.807, 2.05) is 36.4 Å². The Balaban J connectivity index is 1.37. The lowest BCUT2D eigenvalue weighted by molar-refractivity contribution is 0.204. The Morgan fingerprint density at radius 2 is 1.50 bits per heavy atom. The zero-order valence-corrected chi connectivity index (χ0v) is 23.9. The van der Waals surface area contributed by atoms with Crippen molar-refractivity contribution in [3.63, 3.8) is 0 Å². The van der Waals surface area contributed by atoms with E-state index >= 15 is 0 Å². The lowest BCUT2D eigenvalue weighted by Crippen LogP contribution is -2.42. The fourth-order valence-electron chi connectivity index (χ4n) is 5.81. The van der Waals surface area contributed by atoms with Crippen molar-refractivity contribution in [3.05, 3.63) is 116 Å². The van der Waals surface area contributed by atoms with E-state index in [1.54, 1.807) is 23.1 Å². The molecule has 40 heavy (non-hydrogen) atoms. The van der Waals surface area contributed by atoms with Crippen LogP contribution in [0.4, 0.5) is 20.6 Å². The highest BCUT2D eigenvalue weighted by Crippen LogP contribution is 2.45. The number of urea groups is 1. The van der Waals surface area contributed by atoms with Crippen molar-refractivity contribution in [1.82, 2.24) is 10.2 Å². The summed E-state index contributed by atoms with van der Waals surface area (Å²) in [4.78, 5) is 17.3. The molecule has 1 fully saturated rings. The smallest absolute Gasteiger partial charge is 0.326 e. The predicted octanol–water partition coefficient (Wildman–Crippen LogP) is 9.19. The van der Waals surface area contributed by atoms with Gasteiger partial charge in [-0.3, -0.25) is 9.80 Å². The van der Waals surface area contributed by atoms with Crippen LogP contribution in [-0.4, -0.2) is 24.0 Å². The molecule has 4 aromatic carbocycles. The first-order valence-electron chi connectivity index (χ1n) is 13.3. The molecule has 0 radical (unpaired) electrons. The number of likely N-dealkylation sites (tertiary alicyclic amines) is 1. The molecule has 2 amide bonds. The Morgan fingerprint density at radius 3 is 2.20 bits per heavy atom. The van der Waals surface area contributed by atoms with Crippen molar-refractivity contribution in [3.8, 4) is 11.1 Å². The summed E-state index contributed by atoms with van der Waals surface area (Å²) in [6.45, 7) is 2.91. The minimum absolute atomic E-state index is 0.205. The number of hydrogen-bond donors (Lipinski definition) is 1. The van der Waals surface area contributed by atoms with Crippen LogP contribution in [0.15, 0.2) is 78.9 Å². The normalized spacial score (nSPS) is 16.1. The second kappa shape index (κ2) is 11.4. The van der Waals surface area contributed by atoms with Gasteiger partial charge in [0, 0.05) is 29.2 Å². The maximum absolute atomic E-state index is 13.4. The van der Waals surface area contributed by atoms with Gasteiger partial charge in [-0.05, 0) is 91.0 Å². The summed E-state index contributed by atoms with van der Waals surface area (Å²) < 4.78 is 13.4. The van der Waals surface area contributed by atoms with Gasteiger partial charge in [-0.25, -0.2) is 9.18 Å². The number of para-hydroxylation sites is 1. The van der Waals surface area contributed by atoms with E-state index < -0.39 is 0 Å². The monoisotopic (exact) mass is 593 g/mol. The number of amides is 2. The van der Waals surface area contributed by atoms with Crippen LogP contribution in [0.5, 0.6) is 0 Å². The number of piperidine rings is 1. The molecule has 2 aliphatic heterocycles. The second-order valence-electron chi connectivity index (χ2n) is 10.3. The number of carbonyl (C=O) groups is 1. The average Bonchev–Trinajstić information content (AvgIpc) is 2.95. The molecule has 4 aromatic rings. The molecule has 204 valence electrons. The van der Waals surface area contributed by atoms with Crippen LogP contribution in [0.2, 0.25) is 15.1 Å². The van der Waals surface area contributed by atoms with Crippen molar-refractivity contribution in [2.24, 2.45) is 0 Å². The topological polar surface area (TPSA) is 35.6 Å². The van der Waals surface area contributed by atoms with Gasteiger partial charge in [0.25, 0.3) is 0 Å². The first-order valence-corrected chi connectivity index (χ1v) is 14.4. The fraction of sp³-hybridized carbons (Fsp3) is 0.219. The quantitative estimate of drug-likeness (QED) is 0.250. The lowest BCUT2D eigenvalue weighted by Gasteiger charge is -2.35. The SMILES string of the molecule is O=C1NCc2c(-c3ccccc3Cl)cc(CN3CCC(c4ccc(F)cc4)CC3)cc2N1c1c(Cl)cccc1Cl.